The molecule has 142 valence electrons. The average Bonchev–Trinajstić information content (AvgIpc) is 2.72. The lowest BCUT2D eigenvalue weighted by molar-refractivity contribution is -0.139. The third-order valence-electron chi connectivity index (χ3n) is 4.98. The van der Waals surface area contributed by atoms with Crippen LogP contribution in [-0.2, 0) is 4.79 Å². The summed E-state index contributed by atoms with van der Waals surface area (Å²) < 4.78 is 11.2. The highest BCUT2D eigenvalue weighted by Gasteiger charge is 2.33. The number of hydrogen-bond donors (Lipinski definition) is 2. The molecular weight excluding hydrogens is 356 g/mol. The van der Waals surface area contributed by atoms with Crippen molar-refractivity contribution >= 4 is 5.97 Å². The Morgan fingerprint density at radius 3 is 2.46 bits per heavy atom. The van der Waals surface area contributed by atoms with E-state index >= 15 is 0 Å². The van der Waals surface area contributed by atoms with Crippen molar-refractivity contribution in [3.05, 3.63) is 89.5 Å². The molecule has 5 heteroatoms. The van der Waals surface area contributed by atoms with Crippen LogP contribution in [0, 0.1) is 0 Å². The van der Waals surface area contributed by atoms with Gasteiger partial charge in [0.1, 0.15) is 17.2 Å². The Morgan fingerprint density at radius 2 is 1.75 bits per heavy atom. The van der Waals surface area contributed by atoms with Gasteiger partial charge in [0.05, 0.1) is 6.61 Å². The quantitative estimate of drug-likeness (QED) is 0.699. The second-order valence-electron chi connectivity index (χ2n) is 6.78. The Balaban J connectivity index is 1.73. The van der Waals surface area contributed by atoms with Crippen LogP contribution in [0.25, 0.3) is 0 Å². The Kier molecular flexibility index (Phi) is 4.89. The zero-order valence-corrected chi connectivity index (χ0v) is 15.1. The summed E-state index contributed by atoms with van der Waals surface area (Å²) >= 11 is 0. The number of phenolic OH excluding ortho intramolecular Hbond substituents is 1. The summed E-state index contributed by atoms with van der Waals surface area (Å²) in [6.07, 6.45) is 0. The predicted octanol–water partition coefficient (Wildman–Crippen LogP) is 4.16. The van der Waals surface area contributed by atoms with Crippen molar-refractivity contribution in [2.75, 3.05) is 13.2 Å². The highest BCUT2D eigenvalue weighted by molar-refractivity contribution is 5.68. The van der Waals surface area contributed by atoms with Crippen LogP contribution in [0.15, 0.2) is 72.8 Å². The average molecular weight is 376 g/mol. The SMILES string of the molecule is O=C(O)COc1ccc(C2c3cc(O)ccc3OCC2c2ccccc2)cc1. The molecule has 3 aromatic rings. The fourth-order valence-corrected chi connectivity index (χ4v) is 3.72. The molecule has 0 aliphatic carbocycles. The van der Waals surface area contributed by atoms with E-state index in [1.165, 1.54) is 0 Å². The number of fused-ring (bicyclic) bond motifs is 1. The van der Waals surface area contributed by atoms with E-state index < -0.39 is 5.97 Å². The molecule has 0 bridgehead atoms. The van der Waals surface area contributed by atoms with Crippen molar-refractivity contribution in [2.24, 2.45) is 0 Å². The zero-order valence-electron chi connectivity index (χ0n) is 15.1. The molecule has 0 aromatic heterocycles. The van der Waals surface area contributed by atoms with E-state index in [4.69, 9.17) is 14.6 Å². The van der Waals surface area contributed by atoms with Crippen LogP contribution in [0.3, 0.4) is 0 Å². The number of benzene rings is 3. The standard InChI is InChI=1S/C23H20O5/c24-17-8-11-21-19(12-17)23(20(13-28-21)15-4-2-1-3-5-15)16-6-9-18(10-7-16)27-14-22(25)26/h1-12,20,23-24H,13-14H2,(H,25,26). The molecule has 3 aromatic carbocycles. The number of phenols is 1. The summed E-state index contributed by atoms with van der Waals surface area (Å²) in [5, 5.41) is 18.8. The van der Waals surface area contributed by atoms with E-state index in [1.54, 1.807) is 30.3 Å². The Hall–Kier alpha value is -3.47. The second kappa shape index (κ2) is 7.64. The van der Waals surface area contributed by atoms with Crippen molar-refractivity contribution in [1.82, 2.24) is 0 Å². The van der Waals surface area contributed by atoms with Gasteiger partial charge in [-0.1, -0.05) is 42.5 Å². The number of ether oxygens (including phenoxy) is 2. The van der Waals surface area contributed by atoms with Crippen LogP contribution < -0.4 is 9.47 Å². The lowest BCUT2D eigenvalue weighted by Crippen LogP contribution is -2.25. The number of carboxylic acids is 1. The number of rotatable bonds is 5. The van der Waals surface area contributed by atoms with Crippen molar-refractivity contribution in [1.29, 1.82) is 0 Å². The predicted molar refractivity (Wildman–Crippen MR) is 104 cm³/mol. The maximum Gasteiger partial charge on any atom is 0.341 e. The van der Waals surface area contributed by atoms with Crippen LogP contribution in [0.5, 0.6) is 17.2 Å². The molecule has 1 heterocycles. The first-order valence-electron chi connectivity index (χ1n) is 9.07. The van der Waals surface area contributed by atoms with Gasteiger partial charge in [-0.05, 0) is 41.5 Å². The van der Waals surface area contributed by atoms with Crippen LogP contribution in [0.1, 0.15) is 28.5 Å². The summed E-state index contributed by atoms with van der Waals surface area (Å²) in [7, 11) is 0. The maximum absolute atomic E-state index is 10.7. The Bertz CT molecular complexity index is 966. The van der Waals surface area contributed by atoms with E-state index in [0.29, 0.717) is 12.4 Å². The molecule has 4 rings (SSSR count). The van der Waals surface area contributed by atoms with E-state index in [2.05, 4.69) is 12.1 Å². The van der Waals surface area contributed by atoms with Crippen molar-refractivity contribution in [3.8, 4) is 17.2 Å². The van der Waals surface area contributed by atoms with E-state index in [-0.39, 0.29) is 24.2 Å². The molecule has 0 saturated heterocycles. The minimum absolute atomic E-state index is 0.00762. The summed E-state index contributed by atoms with van der Waals surface area (Å²) in [6.45, 7) is 0.156. The number of hydrogen-bond acceptors (Lipinski definition) is 4. The van der Waals surface area contributed by atoms with Crippen molar-refractivity contribution in [2.45, 2.75) is 11.8 Å². The number of carboxylic acid groups (broad SMARTS) is 1. The van der Waals surface area contributed by atoms with Gasteiger partial charge in [0.25, 0.3) is 0 Å². The maximum atomic E-state index is 10.7. The van der Waals surface area contributed by atoms with Crippen molar-refractivity contribution in [3.63, 3.8) is 0 Å². The molecule has 1 aliphatic heterocycles. The number of carbonyl (C=O) groups is 1. The molecule has 5 nitrogen and oxygen atoms in total. The molecule has 0 saturated carbocycles. The fraction of sp³-hybridized carbons (Fsp3) is 0.174. The minimum atomic E-state index is -1.01. The smallest absolute Gasteiger partial charge is 0.341 e. The Morgan fingerprint density at radius 1 is 1.00 bits per heavy atom. The molecule has 0 spiro atoms. The van der Waals surface area contributed by atoms with Gasteiger partial charge in [-0.25, -0.2) is 4.79 Å². The Labute approximate surface area is 162 Å². The van der Waals surface area contributed by atoms with Crippen LogP contribution in [0.4, 0.5) is 0 Å². The van der Waals surface area contributed by atoms with Gasteiger partial charge in [-0.15, -0.1) is 0 Å². The zero-order chi connectivity index (χ0) is 19.5. The lowest BCUT2D eigenvalue weighted by Gasteiger charge is -2.34. The van der Waals surface area contributed by atoms with Gasteiger partial charge in [-0.3, -0.25) is 0 Å². The van der Waals surface area contributed by atoms with Crippen molar-refractivity contribution < 1.29 is 24.5 Å². The molecule has 1 aliphatic rings. The van der Waals surface area contributed by atoms with Gasteiger partial charge in [0.2, 0.25) is 0 Å². The highest BCUT2D eigenvalue weighted by atomic mass is 16.5. The number of aliphatic carboxylic acids is 1. The molecule has 2 N–H and O–H groups in total. The van der Waals surface area contributed by atoms with Gasteiger partial charge in [-0.2, -0.15) is 0 Å². The lowest BCUT2D eigenvalue weighted by atomic mass is 9.76. The number of aromatic hydroxyl groups is 1. The van der Waals surface area contributed by atoms with E-state index in [0.717, 1.165) is 22.4 Å². The first-order chi connectivity index (χ1) is 13.6. The van der Waals surface area contributed by atoms with E-state index in [9.17, 15) is 9.90 Å². The summed E-state index contributed by atoms with van der Waals surface area (Å²) in [5.74, 6) is 0.532. The fourth-order valence-electron chi connectivity index (χ4n) is 3.72. The molecule has 28 heavy (non-hydrogen) atoms. The molecule has 0 amide bonds. The first-order valence-corrected chi connectivity index (χ1v) is 9.07. The van der Waals surface area contributed by atoms with E-state index in [1.807, 2.05) is 30.3 Å². The minimum Gasteiger partial charge on any atom is -0.508 e. The summed E-state index contributed by atoms with van der Waals surface area (Å²) in [6, 6.07) is 22.8. The van der Waals surface area contributed by atoms with Crippen LogP contribution in [-0.4, -0.2) is 29.4 Å². The van der Waals surface area contributed by atoms with Gasteiger partial charge in [0.15, 0.2) is 6.61 Å². The topological polar surface area (TPSA) is 76.0 Å². The molecule has 0 radical (unpaired) electrons. The van der Waals surface area contributed by atoms with Gasteiger partial charge < -0.3 is 19.7 Å². The van der Waals surface area contributed by atoms with Crippen LogP contribution in [0.2, 0.25) is 0 Å². The largest absolute Gasteiger partial charge is 0.508 e. The van der Waals surface area contributed by atoms with Gasteiger partial charge in [0, 0.05) is 17.4 Å². The molecule has 0 fully saturated rings. The first kappa shape index (κ1) is 17.9. The summed E-state index contributed by atoms with van der Waals surface area (Å²) in [5.41, 5.74) is 3.14. The molecule has 2 atom stereocenters. The van der Waals surface area contributed by atoms with Crippen LogP contribution >= 0.6 is 0 Å². The second-order valence-corrected chi connectivity index (χ2v) is 6.78. The normalized spacial score (nSPS) is 18.0. The monoisotopic (exact) mass is 376 g/mol. The van der Waals surface area contributed by atoms with Gasteiger partial charge >= 0.3 is 5.97 Å². The third-order valence-corrected chi connectivity index (χ3v) is 4.98. The third kappa shape index (κ3) is 3.64. The molecular formula is C23H20O5. The highest BCUT2D eigenvalue weighted by Crippen LogP contribution is 2.47. The summed E-state index contributed by atoms with van der Waals surface area (Å²) in [4.78, 5) is 10.7. The molecule has 2 unspecified atom stereocenters.